The lowest BCUT2D eigenvalue weighted by molar-refractivity contribution is 1.46. The van der Waals surface area contributed by atoms with E-state index in [2.05, 4.69) is 88.0 Å². The van der Waals surface area contributed by atoms with Gasteiger partial charge in [-0.05, 0) is 50.2 Å². The number of fused-ring (bicyclic) bond motifs is 7. The van der Waals surface area contributed by atoms with Gasteiger partial charge in [-0.15, -0.1) is 11.3 Å². The lowest BCUT2D eigenvalue weighted by Crippen LogP contribution is -1.77. The summed E-state index contributed by atoms with van der Waals surface area (Å²) in [6.07, 6.45) is 0. The van der Waals surface area contributed by atoms with E-state index in [0.29, 0.717) is 0 Å². The highest BCUT2D eigenvalue weighted by atomic mass is 127. The molecule has 0 saturated heterocycles. The number of aromatic nitrogens is 1. The van der Waals surface area contributed by atoms with Crippen LogP contribution in [0.3, 0.4) is 0 Å². The maximum absolute atomic E-state index is 2.42. The second kappa shape index (κ2) is 4.71. The molecule has 5 aromatic rings. The van der Waals surface area contributed by atoms with Crippen LogP contribution in [0.2, 0.25) is 0 Å². The van der Waals surface area contributed by atoms with Gasteiger partial charge in [0.15, 0.2) is 0 Å². The number of thiophene rings is 1. The molecule has 23 heavy (non-hydrogen) atoms. The molecule has 2 aromatic heterocycles. The minimum absolute atomic E-state index is 1.30. The zero-order valence-electron chi connectivity index (χ0n) is 12.9. The molecule has 0 radical (unpaired) electrons. The van der Waals surface area contributed by atoms with Crippen LogP contribution in [0.1, 0.15) is 11.1 Å². The zero-order chi connectivity index (χ0) is 15.7. The highest BCUT2D eigenvalue weighted by Crippen LogP contribution is 2.43. The normalized spacial score (nSPS) is 12.1. The van der Waals surface area contributed by atoms with Crippen molar-refractivity contribution in [3.05, 3.63) is 59.7 Å². The molecule has 5 rings (SSSR count). The van der Waals surface area contributed by atoms with Crippen LogP contribution in [0.15, 0.2) is 48.5 Å². The van der Waals surface area contributed by atoms with Crippen molar-refractivity contribution in [1.29, 1.82) is 0 Å². The third-order valence-electron chi connectivity index (χ3n) is 4.61. The average Bonchev–Trinajstić information content (AvgIpc) is 3.03. The summed E-state index contributed by atoms with van der Waals surface area (Å²) in [5.74, 6) is 0. The third kappa shape index (κ3) is 1.83. The van der Waals surface area contributed by atoms with Crippen LogP contribution >= 0.6 is 34.2 Å². The first-order chi connectivity index (χ1) is 11.1. The number of benzene rings is 3. The smallest absolute Gasteiger partial charge is 0.0646 e. The van der Waals surface area contributed by atoms with Gasteiger partial charge in [-0.1, -0.05) is 23.3 Å². The van der Waals surface area contributed by atoms with E-state index < -0.39 is 0 Å². The molecule has 0 fully saturated rings. The third-order valence-corrected chi connectivity index (χ3v) is 6.79. The molecule has 0 amide bonds. The Kier molecular flexibility index (Phi) is 2.83. The topological polar surface area (TPSA) is 4.93 Å². The van der Waals surface area contributed by atoms with E-state index in [-0.39, 0.29) is 0 Å². The predicted molar refractivity (Wildman–Crippen MR) is 111 cm³/mol. The summed E-state index contributed by atoms with van der Waals surface area (Å²) >= 11 is 4.32. The number of hydrogen-bond donors (Lipinski definition) is 0. The molecule has 0 bridgehead atoms. The number of halogens is 1. The second-order valence-corrected chi connectivity index (χ2v) is 8.28. The van der Waals surface area contributed by atoms with Gasteiger partial charge in [-0.3, -0.25) is 2.78 Å². The first kappa shape index (κ1) is 13.8. The van der Waals surface area contributed by atoms with Gasteiger partial charge in [-0.25, -0.2) is 0 Å². The quantitative estimate of drug-likeness (QED) is 0.235. The molecular formula is C20H14INS. The van der Waals surface area contributed by atoms with Crippen LogP contribution in [0.4, 0.5) is 0 Å². The first-order valence-electron chi connectivity index (χ1n) is 7.66. The van der Waals surface area contributed by atoms with Crippen LogP contribution in [0.5, 0.6) is 0 Å². The molecule has 0 aliphatic rings. The number of nitrogens with zero attached hydrogens (tertiary/aromatic N) is 1. The molecule has 1 nitrogen and oxygen atoms in total. The number of rotatable bonds is 0. The fourth-order valence-corrected chi connectivity index (χ4v) is 5.48. The summed E-state index contributed by atoms with van der Waals surface area (Å²) in [6, 6.07) is 18.1. The van der Waals surface area contributed by atoms with E-state index in [1.54, 1.807) is 0 Å². The molecule has 112 valence electrons. The predicted octanol–water partition coefficient (Wildman–Crippen LogP) is 6.98. The molecular weight excluding hydrogens is 413 g/mol. The minimum atomic E-state index is 1.30. The van der Waals surface area contributed by atoms with Gasteiger partial charge in [-0.2, -0.15) is 0 Å². The Morgan fingerprint density at radius 1 is 0.739 bits per heavy atom. The Labute approximate surface area is 152 Å². The van der Waals surface area contributed by atoms with Gasteiger partial charge >= 0.3 is 0 Å². The Hall–Kier alpha value is -1.59. The van der Waals surface area contributed by atoms with Crippen LogP contribution < -0.4 is 0 Å². The summed E-state index contributed by atoms with van der Waals surface area (Å²) in [5.41, 5.74) is 5.24. The van der Waals surface area contributed by atoms with Crippen molar-refractivity contribution in [2.75, 3.05) is 0 Å². The Bertz CT molecular complexity index is 1240. The Morgan fingerprint density at radius 2 is 1.39 bits per heavy atom. The summed E-state index contributed by atoms with van der Waals surface area (Å²) in [7, 11) is 0. The number of hydrogen-bond acceptors (Lipinski definition) is 1. The molecule has 0 saturated carbocycles. The van der Waals surface area contributed by atoms with Crippen molar-refractivity contribution >= 4 is 76.2 Å². The molecule has 0 aliphatic heterocycles. The molecule has 0 N–H and O–H groups in total. The van der Waals surface area contributed by atoms with E-state index in [0.717, 1.165) is 0 Å². The van der Waals surface area contributed by atoms with Gasteiger partial charge in [0.1, 0.15) is 0 Å². The molecule has 0 aliphatic carbocycles. The van der Waals surface area contributed by atoms with Gasteiger partial charge in [0.25, 0.3) is 0 Å². The van der Waals surface area contributed by atoms with Crippen LogP contribution in [0, 0.1) is 13.8 Å². The summed E-state index contributed by atoms with van der Waals surface area (Å²) in [5, 5.41) is 5.56. The van der Waals surface area contributed by atoms with Crippen molar-refractivity contribution in [2.24, 2.45) is 0 Å². The van der Waals surface area contributed by atoms with E-state index in [1.165, 1.54) is 53.1 Å². The van der Waals surface area contributed by atoms with Gasteiger partial charge in [0.05, 0.1) is 33.9 Å². The summed E-state index contributed by atoms with van der Waals surface area (Å²) in [6.45, 7) is 4.35. The fourth-order valence-electron chi connectivity index (χ4n) is 3.56. The maximum Gasteiger partial charge on any atom is 0.0646 e. The molecule has 0 spiro atoms. The summed E-state index contributed by atoms with van der Waals surface area (Å²) < 4.78 is 5.05. The van der Waals surface area contributed by atoms with Crippen LogP contribution in [0.25, 0.3) is 42.0 Å². The number of aryl methyl sites for hydroxylation is 2. The molecule has 3 aromatic carbocycles. The molecule has 0 atom stereocenters. The standard InChI is InChI=1S/C20H14INS/c1-11-3-5-15-13(9-11)19-16(22(15)21)6-8-18-20(19)14-10-12(2)4-7-17(14)23-18/h3-10H,1-2H3. The van der Waals surface area contributed by atoms with Crippen molar-refractivity contribution in [3.63, 3.8) is 0 Å². The van der Waals surface area contributed by atoms with E-state index in [4.69, 9.17) is 0 Å². The van der Waals surface area contributed by atoms with E-state index >= 15 is 0 Å². The van der Waals surface area contributed by atoms with Crippen molar-refractivity contribution in [2.45, 2.75) is 13.8 Å². The van der Waals surface area contributed by atoms with E-state index in [1.807, 2.05) is 11.3 Å². The Balaban J connectivity index is 2.16. The fraction of sp³-hybridized carbons (Fsp3) is 0.100. The van der Waals surface area contributed by atoms with Crippen molar-refractivity contribution < 1.29 is 0 Å². The highest BCUT2D eigenvalue weighted by molar-refractivity contribution is 14.1. The molecule has 0 unspecified atom stereocenters. The largest absolute Gasteiger partial charge is 0.282 e. The van der Waals surface area contributed by atoms with E-state index in [9.17, 15) is 0 Å². The second-order valence-electron chi connectivity index (χ2n) is 6.24. The SMILES string of the molecule is Cc1ccc2sc3ccc4c(c5cc(C)ccc5n4I)c3c2c1. The minimum Gasteiger partial charge on any atom is -0.282 e. The summed E-state index contributed by atoms with van der Waals surface area (Å²) in [4.78, 5) is 0. The van der Waals surface area contributed by atoms with Gasteiger partial charge < -0.3 is 0 Å². The average molecular weight is 427 g/mol. The maximum atomic E-state index is 2.42. The molecule has 2 heterocycles. The zero-order valence-corrected chi connectivity index (χ0v) is 15.8. The van der Waals surface area contributed by atoms with Crippen molar-refractivity contribution in [3.8, 4) is 0 Å². The lowest BCUT2D eigenvalue weighted by atomic mass is 10.0. The lowest BCUT2D eigenvalue weighted by Gasteiger charge is -1.98. The van der Waals surface area contributed by atoms with Gasteiger partial charge in [0.2, 0.25) is 0 Å². The first-order valence-corrected chi connectivity index (χ1v) is 9.44. The monoisotopic (exact) mass is 427 g/mol. The Morgan fingerprint density at radius 3 is 2.22 bits per heavy atom. The van der Waals surface area contributed by atoms with Crippen LogP contribution in [-0.2, 0) is 0 Å². The highest BCUT2D eigenvalue weighted by Gasteiger charge is 2.15. The van der Waals surface area contributed by atoms with Crippen molar-refractivity contribution in [1.82, 2.24) is 2.78 Å². The van der Waals surface area contributed by atoms with Gasteiger partial charge in [0, 0.05) is 30.9 Å². The van der Waals surface area contributed by atoms with Crippen LogP contribution in [-0.4, -0.2) is 2.78 Å². The molecule has 3 heteroatoms.